The first-order valence-corrected chi connectivity index (χ1v) is 7.31. The van der Waals surface area contributed by atoms with Gasteiger partial charge in [-0.1, -0.05) is 13.8 Å². The molecule has 1 aromatic carbocycles. The van der Waals surface area contributed by atoms with Crippen molar-refractivity contribution in [3.8, 4) is 0 Å². The normalized spacial score (nSPS) is 19.3. The molecule has 2 rings (SSSR count). The second-order valence-corrected chi connectivity index (χ2v) is 7.20. The lowest BCUT2D eigenvalue weighted by molar-refractivity contribution is 0.0599. The van der Waals surface area contributed by atoms with Crippen LogP contribution >= 0.6 is 0 Å². The SMILES string of the molecule is COC(=O)c1ccc2c(c1C)C(C)(C)CS2(=O)=O. The molecule has 0 radical (unpaired) electrons. The summed E-state index contributed by atoms with van der Waals surface area (Å²) < 4.78 is 28.8. The lowest BCUT2D eigenvalue weighted by atomic mass is 9.82. The van der Waals surface area contributed by atoms with E-state index in [1.54, 1.807) is 6.92 Å². The third kappa shape index (κ3) is 1.73. The molecule has 1 aliphatic heterocycles. The fourth-order valence-corrected chi connectivity index (χ4v) is 5.01. The maximum Gasteiger partial charge on any atom is 0.338 e. The van der Waals surface area contributed by atoms with E-state index in [0.717, 1.165) is 5.56 Å². The van der Waals surface area contributed by atoms with Gasteiger partial charge in [0.25, 0.3) is 0 Å². The average molecular weight is 268 g/mol. The van der Waals surface area contributed by atoms with Gasteiger partial charge in [-0.2, -0.15) is 0 Å². The van der Waals surface area contributed by atoms with Crippen molar-refractivity contribution in [2.45, 2.75) is 31.1 Å². The van der Waals surface area contributed by atoms with E-state index in [-0.39, 0.29) is 5.75 Å². The average Bonchev–Trinajstić information content (AvgIpc) is 2.44. The standard InChI is InChI=1S/C13H16O4S/c1-8-9(12(14)17-4)5-6-10-11(8)13(2,3)7-18(10,15)16/h5-6H,7H2,1-4H3. The van der Waals surface area contributed by atoms with E-state index in [4.69, 9.17) is 4.74 Å². The van der Waals surface area contributed by atoms with Crippen LogP contribution in [0.4, 0.5) is 0 Å². The first-order valence-electron chi connectivity index (χ1n) is 5.66. The summed E-state index contributed by atoms with van der Waals surface area (Å²) in [5, 5.41) is 0. The molecule has 0 fully saturated rings. The summed E-state index contributed by atoms with van der Waals surface area (Å²) in [5.74, 6) is -0.351. The van der Waals surface area contributed by atoms with Gasteiger partial charge in [-0.05, 0) is 30.2 Å². The monoisotopic (exact) mass is 268 g/mol. The minimum absolute atomic E-state index is 0.0841. The van der Waals surface area contributed by atoms with Crippen molar-refractivity contribution >= 4 is 15.8 Å². The summed E-state index contributed by atoms with van der Waals surface area (Å²) in [5.41, 5.74) is 1.40. The van der Waals surface area contributed by atoms with Gasteiger partial charge in [0.2, 0.25) is 0 Å². The molecule has 98 valence electrons. The molecule has 0 saturated heterocycles. The highest BCUT2D eigenvalue weighted by molar-refractivity contribution is 7.91. The van der Waals surface area contributed by atoms with E-state index in [2.05, 4.69) is 0 Å². The van der Waals surface area contributed by atoms with Crippen LogP contribution in [-0.4, -0.2) is 27.2 Å². The van der Waals surface area contributed by atoms with Gasteiger partial charge in [-0.3, -0.25) is 0 Å². The van der Waals surface area contributed by atoms with Crippen LogP contribution in [0.5, 0.6) is 0 Å². The number of rotatable bonds is 1. The third-order valence-corrected chi connectivity index (χ3v) is 5.51. The predicted molar refractivity (Wildman–Crippen MR) is 67.6 cm³/mol. The van der Waals surface area contributed by atoms with E-state index < -0.39 is 21.2 Å². The van der Waals surface area contributed by atoms with E-state index in [0.29, 0.717) is 16.0 Å². The molecule has 1 aliphatic rings. The maximum atomic E-state index is 12.1. The van der Waals surface area contributed by atoms with Crippen LogP contribution < -0.4 is 0 Å². The molecule has 0 atom stereocenters. The molecule has 0 unspecified atom stereocenters. The number of fused-ring (bicyclic) bond motifs is 1. The number of esters is 1. The molecule has 0 aliphatic carbocycles. The first kappa shape index (κ1) is 13.1. The van der Waals surface area contributed by atoms with Gasteiger partial charge >= 0.3 is 5.97 Å². The molecule has 4 nitrogen and oxygen atoms in total. The molecular weight excluding hydrogens is 252 g/mol. The third-order valence-electron chi connectivity index (χ3n) is 3.39. The van der Waals surface area contributed by atoms with Gasteiger partial charge in [0.1, 0.15) is 0 Å². The van der Waals surface area contributed by atoms with Gasteiger partial charge in [0.15, 0.2) is 9.84 Å². The Balaban J connectivity index is 2.78. The Bertz CT molecular complexity index is 627. The molecule has 1 aromatic rings. The smallest absolute Gasteiger partial charge is 0.338 e. The van der Waals surface area contributed by atoms with Crippen LogP contribution in [-0.2, 0) is 20.0 Å². The summed E-state index contributed by atoms with van der Waals surface area (Å²) in [6.45, 7) is 5.53. The van der Waals surface area contributed by atoms with Crippen LogP contribution in [0, 0.1) is 6.92 Å². The van der Waals surface area contributed by atoms with E-state index in [1.807, 2.05) is 13.8 Å². The summed E-state index contributed by atoms with van der Waals surface area (Å²) in [6.07, 6.45) is 0. The number of benzene rings is 1. The molecule has 0 aromatic heterocycles. The minimum atomic E-state index is -3.24. The Hall–Kier alpha value is -1.36. The lowest BCUT2D eigenvalue weighted by Gasteiger charge is -2.20. The quantitative estimate of drug-likeness (QED) is 0.729. The Morgan fingerprint density at radius 2 is 1.94 bits per heavy atom. The number of methoxy groups -OCH3 is 1. The molecule has 0 bridgehead atoms. The predicted octanol–water partition coefficient (Wildman–Crippen LogP) is 1.85. The fourth-order valence-electron chi connectivity index (χ4n) is 2.74. The van der Waals surface area contributed by atoms with E-state index >= 15 is 0 Å². The zero-order valence-electron chi connectivity index (χ0n) is 10.9. The molecule has 0 spiro atoms. The Labute approximate surface area is 107 Å². The van der Waals surface area contributed by atoms with Crippen LogP contribution in [0.3, 0.4) is 0 Å². The topological polar surface area (TPSA) is 60.4 Å². The molecule has 0 saturated carbocycles. The Morgan fingerprint density at radius 1 is 1.33 bits per heavy atom. The largest absolute Gasteiger partial charge is 0.465 e. The Kier molecular flexibility index (Phi) is 2.77. The molecular formula is C13H16O4S. The summed E-state index contributed by atoms with van der Waals surface area (Å²) >= 11 is 0. The molecule has 18 heavy (non-hydrogen) atoms. The zero-order valence-corrected chi connectivity index (χ0v) is 11.7. The molecule has 0 N–H and O–H groups in total. The maximum absolute atomic E-state index is 12.1. The molecule has 5 heteroatoms. The highest BCUT2D eigenvalue weighted by Crippen LogP contribution is 2.42. The lowest BCUT2D eigenvalue weighted by Crippen LogP contribution is -2.21. The first-order chi connectivity index (χ1) is 8.20. The van der Waals surface area contributed by atoms with Gasteiger partial charge in [0.05, 0.1) is 23.3 Å². The highest BCUT2D eigenvalue weighted by atomic mass is 32.2. The van der Waals surface area contributed by atoms with Crippen LogP contribution in [0.2, 0.25) is 0 Å². The zero-order chi connectivity index (χ0) is 13.7. The van der Waals surface area contributed by atoms with Crippen molar-refractivity contribution in [3.63, 3.8) is 0 Å². The summed E-state index contributed by atoms with van der Waals surface area (Å²) in [7, 11) is -1.92. The van der Waals surface area contributed by atoms with Crippen LogP contribution in [0.1, 0.15) is 35.3 Å². The van der Waals surface area contributed by atoms with Crippen molar-refractivity contribution in [1.29, 1.82) is 0 Å². The van der Waals surface area contributed by atoms with Crippen molar-refractivity contribution < 1.29 is 17.9 Å². The van der Waals surface area contributed by atoms with Crippen molar-refractivity contribution in [2.24, 2.45) is 0 Å². The fraction of sp³-hybridized carbons (Fsp3) is 0.462. The van der Waals surface area contributed by atoms with E-state index in [9.17, 15) is 13.2 Å². The number of carbonyl (C=O) groups is 1. The highest BCUT2D eigenvalue weighted by Gasteiger charge is 2.42. The van der Waals surface area contributed by atoms with Gasteiger partial charge < -0.3 is 4.74 Å². The second kappa shape index (κ2) is 3.82. The minimum Gasteiger partial charge on any atom is -0.465 e. The molecule has 0 amide bonds. The number of hydrogen-bond acceptors (Lipinski definition) is 4. The summed E-state index contributed by atoms with van der Waals surface area (Å²) in [6, 6.07) is 3.04. The van der Waals surface area contributed by atoms with Gasteiger partial charge in [-0.15, -0.1) is 0 Å². The molecule has 1 heterocycles. The van der Waals surface area contributed by atoms with Crippen LogP contribution in [0.25, 0.3) is 0 Å². The van der Waals surface area contributed by atoms with E-state index in [1.165, 1.54) is 19.2 Å². The number of hydrogen-bond donors (Lipinski definition) is 0. The van der Waals surface area contributed by atoms with Crippen molar-refractivity contribution in [3.05, 3.63) is 28.8 Å². The number of carbonyl (C=O) groups excluding carboxylic acids is 1. The van der Waals surface area contributed by atoms with Crippen LogP contribution in [0.15, 0.2) is 17.0 Å². The van der Waals surface area contributed by atoms with Crippen molar-refractivity contribution in [1.82, 2.24) is 0 Å². The summed E-state index contributed by atoms with van der Waals surface area (Å²) in [4.78, 5) is 12.0. The second-order valence-electron chi connectivity index (χ2n) is 5.25. The Morgan fingerprint density at radius 3 is 2.50 bits per heavy atom. The number of ether oxygens (including phenoxy) is 1. The van der Waals surface area contributed by atoms with Gasteiger partial charge in [-0.25, -0.2) is 13.2 Å². The number of sulfone groups is 1. The van der Waals surface area contributed by atoms with Gasteiger partial charge in [0, 0.05) is 5.41 Å². The van der Waals surface area contributed by atoms with Crippen molar-refractivity contribution in [2.75, 3.05) is 12.9 Å².